The Morgan fingerprint density at radius 2 is 1.19 bits per heavy atom. The number of hydrogen-bond donors (Lipinski definition) is 0. The van der Waals surface area contributed by atoms with Gasteiger partial charge in [-0.2, -0.15) is 0 Å². The number of rotatable bonds is 4. The molecule has 0 atom stereocenters. The molecule has 0 unspecified atom stereocenters. The molecule has 0 fully saturated rings. The fourth-order valence-corrected chi connectivity index (χ4v) is 9.41. The van der Waals surface area contributed by atoms with Gasteiger partial charge in [-0.3, -0.25) is 0 Å². The molecule has 0 radical (unpaired) electrons. The Labute approximate surface area is 105 Å². The van der Waals surface area contributed by atoms with Crippen LogP contribution in [0, 0.1) is 0 Å². The molecular weight excluding hydrogens is 299 g/mol. The third-order valence-electron chi connectivity index (χ3n) is 2.74. The van der Waals surface area contributed by atoms with Crippen LogP contribution in [0.5, 0.6) is 0 Å². The standard InChI is InChI=1S/2C6H5.C3H7.Sn/c2*1-2-4-6-5-3-1;1-3-2;/h2*1-5H;1,3H2,2H3;/q;;;+1. The van der Waals surface area contributed by atoms with Crippen LogP contribution in [-0.4, -0.2) is 19.8 Å². The van der Waals surface area contributed by atoms with Gasteiger partial charge in [0, 0.05) is 0 Å². The van der Waals surface area contributed by atoms with Crippen LogP contribution in [-0.2, 0) is 0 Å². The van der Waals surface area contributed by atoms with Crippen LogP contribution >= 0.6 is 0 Å². The Hall–Kier alpha value is -0.761. The SMILES string of the molecule is CC[CH2][Sn+]([c]1ccccc1)[c]1ccccc1. The molecule has 0 saturated heterocycles. The molecule has 0 saturated carbocycles. The second-order valence-electron chi connectivity index (χ2n) is 3.96. The first-order valence-electron chi connectivity index (χ1n) is 5.88. The minimum atomic E-state index is -1.57. The molecule has 0 bridgehead atoms. The van der Waals surface area contributed by atoms with Crippen molar-refractivity contribution in [2.45, 2.75) is 17.8 Å². The Balaban J connectivity index is 2.31. The monoisotopic (exact) mass is 317 g/mol. The summed E-state index contributed by atoms with van der Waals surface area (Å²) in [7, 11) is 0. The van der Waals surface area contributed by atoms with E-state index in [0.29, 0.717) is 0 Å². The molecule has 1 heteroatoms. The van der Waals surface area contributed by atoms with Crippen LogP contribution in [0.15, 0.2) is 60.7 Å². The van der Waals surface area contributed by atoms with Crippen molar-refractivity contribution >= 4 is 26.9 Å². The summed E-state index contributed by atoms with van der Waals surface area (Å²) in [6, 6.07) is 22.2. The Morgan fingerprint density at radius 3 is 1.56 bits per heavy atom. The second kappa shape index (κ2) is 6.09. The Kier molecular flexibility index (Phi) is 4.46. The van der Waals surface area contributed by atoms with E-state index in [4.69, 9.17) is 0 Å². The van der Waals surface area contributed by atoms with Crippen molar-refractivity contribution < 1.29 is 0 Å². The van der Waals surface area contributed by atoms with Gasteiger partial charge in [0.25, 0.3) is 0 Å². The van der Waals surface area contributed by atoms with E-state index in [0.717, 1.165) is 0 Å². The molecule has 0 aliphatic heterocycles. The van der Waals surface area contributed by atoms with Gasteiger partial charge in [-0.25, -0.2) is 0 Å². The van der Waals surface area contributed by atoms with E-state index < -0.39 is 19.8 Å². The van der Waals surface area contributed by atoms with Gasteiger partial charge < -0.3 is 0 Å². The van der Waals surface area contributed by atoms with Crippen LogP contribution in [0.1, 0.15) is 13.3 Å². The summed E-state index contributed by atoms with van der Waals surface area (Å²) in [6.45, 7) is 2.30. The number of hydrogen-bond acceptors (Lipinski definition) is 0. The van der Waals surface area contributed by atoms with Gasteiger partial charge in [-0.1, -0.05) is 0 Å². The fraction of sp³-hybridized carbons (Fsp3) is 0.200. The van der Waals surface area contributed by atoms with Gasteiger partial charge in [-0.15, -0.1) is 0 Å². The molecule has 0 aliphatic carbocycles. The van der Waals surface area contributed by atoms with E-state index in [1.54, 1.807) is 7.16 Å². The average Bonchev–Trinajstić information content (AvgIpc) is 2.38. The zero-order valence-electron chi connectivity index (χ0n) is 9.69. The summed E-state index contributed by atoms with van der Waals surface area (Å²) in [5.74, 6) is 0. The first-order chi connectivity index (χ1) is 7.92. The van der Waals surface area contributed by atoms with Gasteiger partial charge in [0.1, 0.15) is 0 Å². The van der Waals surface area contributed by atoms with E-state index >= 15 is 0 Å². The van der Waals surface area contributed by atoms with E-state index in [1.807, 2.05) is 0 Å². The summed E-state index contributed by atoms with van der Waals surface area (Å²) < 4.78 is 4.66. The van der Waals surface area contributed by atoms with Crippen molar-refractivity contribution in [3.8, 4) is 0 Å². The molecule has 16 heavy (non-hydrogen) atoms. The predicted octanol–water partition coefficient (Wildman–Crippen LogP) is 2.71. The molecule has 0 aromatic heterocycles. The molecule has 80 valence electrons. The molecule has 0 aliphatic rings. The summed E-state index contributed by atoms with van der Waals surface area (Å²) in [5.41, 5.74) is 0. The zero-order chi connectivity index (χ0) is 11.2. The molecule has 0 spiro atoms. The topological polar surface area (TPSA) is 0 Å². The van der Waals surface area contributed by atoms with Crippen molar-refractivity contribution in [2.75, 3.05) is 0 Å². The van der Waals surface area contributed by atoms with Crippen LogP contribution in [0.4, 0.5) is 0 Å². The van der Waals surface area contributed by atoms with Crippen LogP contribution < -0.4 is 7.16 Å². The Bertz CT molecular complexity index is 368. The zero-order valence-corrected chi connectivity index (χ0v) is 12.5. The second-order valence-corrected chi connectivity index (χ2v) is 11.4. The molecule has 0 heterocycles. The van der Waals surface area contributed by atoms with Crippen molar-refractivity contribution in [1.29, 1.82) is 0 Å². The maximum absolute atomic E-state index is 2.32. The van der Waals surface area contributed by atoms with Crippen molar-refractivity contribution in [3.05, 3.63) is 60.7 Å². The quantitative estimate of drug-likeness (QED) is 0.761. The maximum atomic E-state index is 2.32. The van der Waals surface area contributed by atoms with Gasteiger partial charge in [0.05, 0.1) is 0 Å². The summed E-state index contributed by atoms with van der Waals surface area (Å²) in [5, 5.41) is 0. The van der Waals surface area contributed by atoms with E-state index in [9.17, 15) is 0 Å². The predicted molar refractivity (Wildman–Crippen MR) is 73.0 cm³/mol. The summed E-state index contributed by atoms with van der Waals surface area (Å²) in [6.07, 6.45) is 1.30. The third kappa shape index (κ3) is 2.88. The summed E-state index contributed by atoms with van der Waals surface area (Å²) in [4.78, 5) is 0. The summed E-state index contributed by atoms with van der Waals surface area (Å²) >= 11 is -1.57. The van der Waals surface area contributed by atoms with E-state index in [2.05, 4.69) is 67.6 Å². The molecule has 0 nitrogen and oxygen atoms in total. The first-order valence-corrected chi connectivity index (χ1v) is 10.8. The molecule has 2 aromatic carbocycles. The van der Waals surface area contributed by atoms with Crippen molar-refractivity contribution in [2.24, 2.45) is 0 Å². The molecule has 2 aromatic rings. The Morgan fingerprint density at radius 1 is 0.750 bits per heavy atom. The number of benzene rings is 2. The van der Waals surface area contributed by atoms with Crippen LogP contribution in [0.25, 0.3) is 0 Å². The van der Waals surface area contributed by atoms with Gasteiger partial charge >= 0.3 is 105 Å². The molecule has 2 rings (SSSR count). The molecule has 0 N–H and O–H groups in total. The van der Waals surface area contributed by atoms with Gasteiger partial charge in [0.2, 0.25) is 0 Å². The first kappa shape index (κ1) is 11.7. The molecular formula is C15H17Sn+. The van der Waals surface area contributed by atoms with Gasteiger partial charge in [0.15, 0.2) is 0 Å². The average molecular weight is 316 g/mol. The van der Waals surface area contributed by atoms with Crippen LogP contribution in [0.3, 0.4) is 0 Å². The molecule has 0 amide bonds. The van der Waals surface area contributed by atoms with E-state index in [1.165, 1.54) is 10.9 Å². The fourth-order valence-electron chi connectivity index (χ4n) is 1.98. The normalized spacial score (nSPS) is 10.1. The van der Waals surface area contributed by atoms with Crippen molar-refractivity contribution in [3.63, 3.8) is 0 Å². The van der Waals surface area contributed by atoms with Crippen molar-refractivity contribution in [1.82, 2.24) is 0 Å². The minimum absolute atomic E-state index is 1.30. The van der Waals surface area contributed by atoms with Crippen LogP contribution in [0.2, 0.25) is 4.44 Å². The third-order valence-corrected chi connectivity index (χ3v) is 11.5. The van der Waals surface area contributed by atoms with Gasteiger partial charge in [-0.05, 0) is 0 Å². The van der Waals surface area contributed by atoms with E-state index in [-0.39, 0.29) is 0 Å².